The van der Waals surface area contributed by atoms with Gasteiger partial charge in [0.25, 0.3) is 5.91 Å². The molecule has 1 aliphatic heterocycles. The van der Waals surface area contributed by atoms with Gasteiger partial charge in [-0.1, -0.05) is 6.07 Å². The van der Waals surface area contributed by atoms with Crippen LogP contribution in [0.25, 0.3) is 0 Å². The second-order valence-corrected chi connectivity index (χ2v) is 9.02. The second kappa shape index (κ2) is 6.88. The van der Waals surface area contributed by atoms with Crippen molar-refractivity contribution in [3.05, 3.63) is 45.4 Å². The normalized spacial score (nSPS) is 22.0. The van der Waals surface area contributed by atoms with Crippen molar-refractivity contribution in [3.8, 4) is 0 Å². The zero-order chi connectivity index (χ0) is 20.1. The molecule has 28 heavy (non-hydrogen) atoms. The zero-order valence-electron chi connectivity index (χ0n) is 16.4. The molecule has 6 nitrogen and oxygen atoms in total. The fraction of sp³-hybridized carbons (Fsp3) is 0.476. The van der Waals surface area contributed by atoms with Gasteiger partial charge in [-0.15, -0.1) is 11.3 Å². The van der Waals surface area contributed by atoms with Gasteiger partial charge in [0.1, 0.15) is 5.54 Å². The first-order valence-electron chi connectivity index (χ1n) is 9.67. The third-order valence-electron chi connectivity index (χ3n) is 6.03. The highest BCUT2D eigenvalue weighted by molar-refractivity contribution is 7.09. The molecule has 1 saturated heterocycles. The average molecular weight is 400 g/mol. The number of aryl methyl sites for hydroxylation is 2. The number of amides is 3. The van der Waals surface area contributed by atoms with Crippen molar-refractivity contribution >= 4 is 29.1 Å². The van der Waals surface area contributed by atoms with Crippen molar-refractivity contribution in [2.45, 2.75) is 52.1 Å². The molecule has 2 aromatic heterocycles. The van der Waals surface area contributed by atoms with Crippen molar-refractivity contribution in [2.24, 2.45) is 5.92 Å². The average Bonchev–Trinajstić information content (AvgIpc) is 3.26. The predicted octanol–water partition coefficient (Wildman–Crippen LogP) is 3.31. The predicted molar refractivity (Wildman–Crippen MR) is 108 cm³/mol. The lowest BCUT2D eigenvalue weighted by molar-refractivity contribution is -0.131. The highest BCUT2D eigenvalue weighted by atomic mass is 32.1. The summed E-state index contributed by atoms with van der Waals surface area (Å²) in [5.41, 5.74) is 1.63. The largest absolute Gasteiger partial charge is 0.348 e. The molecule has 148 valence electrons. The van der Waals surface area contributed by atoms with Gasteiger partial charge in [0, 0.05) is 28.4 Å². The Morgan fingerprint density at radius 2 is 2.07 bits per heavy atom. The maximum atomic E-state index is 12.9. The molecule has 0 spiro atoms. The molecule has 3 heterocycles. The Morgan fingerprint density at radius 3 is 2.71 bits per heavy atom. The van der Waals surface area contributed by atoms with E-state index in [2.05, 4.69) is 21.3 Å². The lowest BCUT2D eigenvalue weighted by atomic mass is 9.96. The lowest BCUT2D eigenvalue weighted by Gasteiger charge is -2.20. The molecule has 7 heteroatoms. The fourth-order valence-electron chi connectivity index (χ4n) is 4.13. The van der Waals surface area contributed by atoms with E-state index in [1.807, 2.05) is 26.0 Å². The standard InChI is InChI=1S/C21H25N3O3S/c1-13-11-17(14(2)23(13)9-8-16-5-4-10-28-16)18(25)12-24-19(26)21(3,15-6-7-15)22-20(24)27/h4-5,10-11,15H,6-9,12H2,1-3H3,(H,22,27). The minimum atomic E-state index is -0.852. The maximum Gasteiger partial charge on any atom is 0.325 e. The Labute approximate surface area is 168 Å². The molecule has 0 bridgehead atoms. The topological polar surface area (TPSA) is 71.4 Å². The molecule has 1 atom stereocenters. The van der Waals surface area contributed by atoms with Gasteiger partial charge in [0.15, 0.2) is 5.78 Å². The number of carbonyl (C=O) groups is 3. The Balaban J connectivity index is 1.48. The van der Waals surface area contributed by atoms with E-state index in [9.17, 15) is 14.4 Å². The van der Waals surface area contributed by atoms with Gasteiger partial charge in [0.2, 0.25) is 0 Å². The minimum absolute atomic E-state index is 0.186. The van der Waals surface area contributed by atoms with Gasteiger partial charge in [-0.2, -0.15) is 0 Å². The van der Waals surface area contributed by atoms with Gasteiger partial charge in [0.05, 0.1) is 6.54 Å². The molecule has 2 aliphatic rings. The molecule has 0 aromatic carbocycles. The van der Waals surface area contributed by atoms with Crippen LogP contribution in [-0.2, 0) is 17.8 Å². The number of nitrogens with one attached hydrogen (secondary N) is 1. The number of nitrogens with zero attached hydrogens (tertiary/aromatic N) is 2. The highest BCUT2D eigenvalue weighted by Crippen LogP contribution is 2.42. The van der Waals surface area contributed by atoms with Gasteiger partial charge < -0.3 is 9.88 Å². The summed E-state index contributed by atoms with van der Waals surface area (Å²) < 4.78 is 2.13. The molecule has 2 aromatic rings. The molecular formula is C21H25N3O3S. The molecular weight excluding hydrogens is 374 g/mol. The van der Waals surface area contributed by atoms with Crippen molar-refractivity contribution in [1.82, 2.24) is 14.8 Å². The Bertz CT molecular complexity index is 943. The summed E-state index contributed by atoms with van der Waals surface area (Å²) >= 11 is 1.73. The van der Waals surface area contributed by atoms with Gasteiger partial charge in [-0.3, -0.25) is 14.5 Å². The van der Waals surface area contributed by atoms with Crippen molar-refractivity contribution in [3.63, 3.8) is 0 Å². The smallest absolute Gasteiger partial charge is 0.325 e. The van der Waals surface area contributed by atoms with E-state index in [-0.39, 0.29) is 24.2 Å². The molecule has 1 unspecified atom stereocenters. The van der Waals surface area contributed by atoms with Gasteiger partial charge >= 0.3 is 6.03 Å². The summed E-state index contributed by atoms with van der Waals surface area (Å²) in [4.78, 5) is 40.4. The number of imide groups is 1. The van der Waals surface area contributed by atoms with Crippen LogP contribution >= 0.6 is 11.3 Å². The maximum absolute atomic E-state index is 12.9. The third kappa shape index (κ3) is 3.17. The fourth-order valence-corrected chi connectivity index (χ4v) is 4.83. The minimum Gasteiger partial charge on any atom is -0.348 e. The molecule has 1 saturated carbocycles. The summed E-state index contributed by atoms with van der Waals surface area (Å²) in [6.45, 7) is 6.27. The van der Waals surface area contributed by atoms with Crippen LogP contribution in [0.2, 0.25) is 0 Å². The zero-order valence-corrected chi connectivity index (χ0v) is 17.3. The third-order valence-corrected chi connectivity index (χ3v) is 6.97. The molecule has 1 N–H and O–H groups in total. The highest BCUT2D eigenvalue weighted by Gasteiger charge is 2.56. The number of hydrogen-bond donors (Lipinski definition) is 1. The SMILES string of the molecule is Cc1cc(C(=O)CN2C(=O)NC(C)(C3CC3)C2=O)c(C)n1CCc1cccs1. The quantitative estimate of drug-likeness (QED) is 0.574. The number of carbonyl (C=O) groups excluding carboxylic acids is 3. The van der Waals surface area contributed by atoms with Crippen molar-refractivity contribution in [2.75, 3.05) is 6.54 Å². The van der Waals surface area contributed by atoms with Gasteiger partial charge in [-0.05, 0) is 63.5 Å². The number of hydrogen-bond acceptors (Lipinski definition) is 4. The number of Topliss-reactive ketones (excluding diaryl/α,β-unsaturated/α-hetero) is 1. The van der Waals surface area contributed by atoms with E-state index in [4.69, 9.17) is 0 Å². The second-order valence-electron chi connectivity index (χ2n) is 7.99. The first-order chi connectivity index (χ1) is 13.3. The summed E-state index contributed by atoms with van der Waals surface area (Å²) in [6, 6.07) is 5.56. The molecule has 0 radical (unpaired) electrons. The lowest BCUT2D eigenvalue weighted by Crippen LogP contribution is -2.46. The van der Waals surface area contributed by atoms with Crippen LogP contribution in [0.4, 0.5) is 4.79 Å². The van der Waals surface area contributed by atoms with Crippen LogP contribution in [0.3, 0.4) is 0 Å². The van der Waals surface area contributed by atoms with Crippen molar-refractivity contribution < 1.29 is 14.4 Å². The number of ketones is 1. The number of rotatable bonds is 7. The van der Waals surface area contributed by atoms with E-state index in [0.717, 1.165) is 42.1 Å². The Kier molecular flexibility index (Phi) is 4.65. The van der Waals surface area contributed by atoms with E-state index < -0.39 is 11.6 Å². The van der Waals surface area contributed by atoms with Crippen LogP contribution in [0, 0.1) is 19.8 Å². The number of urea groups is 1. The van der Waals surface area contributed by atoms with Crippen molar-refractivity contribution in [1.29, 1.82) is 0 Å². The van der Waals surface area contributed by atoms with Crippen LogP contribution in [0.15, 0.2) is 23.6 Å². The van der Waals surface area contributed by atoms with Crippen LogP contribution in [0.1, 0.15) is 46.4 Å². The molecule has 4 rings (SSSR count). The van der Waals surface area contributed by atoms with E-state index in [1.54, 1.807) is 18.3 Å². The monoisotopic (exact) mass is 399 g/mol. The summed E-state index contributed by atoms with van der Waals surface area (Å²) in [5.74, 6) is -0.287. The van der Waals surface area contributed by atoms with Gasteiger partial charge in [-0.25, -0.2) is 4.79 Å². The summed E-state index contributed by atoms with van der Waals surface area (Å²) in [7, 11) is 0. The number of aromatic nitrogens is 1. The Hall–Kier alpha value is -2.41. The van der Waals surface area contributed by atoms with E-state index in [1.165, 1.54) is 4.88 Å². The first-order valence-corrected chi connectivity index (χ1v) is 10.6. The summed E-state index contributed by atoms with van der Waals surface area (Å²) in [5, 5.41) is 4.86. The summed E-state index contributed by atoms with van der Waals surface area (Å²) in [6.07, 6.45) is 2.79. The Morgan fingerprint density at radius 1 is 1.32 bits per heavy atom. The van der Waals surface area contributed by atoms with Crippen LogP contribution < -0.4 is 5.32 Å². The molecule has 3 amide bonds. The molecule has 1 aliphatic carbocycles. The van der Waals surface area contributed by atoms with Crippen LogP contribution in [-0.4, -0.2) is 39.3 Å². The number of thiophene rings is 1. The molecule has 2 fully saturated rings. The first kappa shape index (κ1) is 18.9. The van der Waals surface area contributed by atoms with E-state index in [0.29, 0.717) is 5.56 Å². The van der Waals surface area contributed by atoms with E-state index >= 15 is 0 Å². The van der Waals surface area contributed by atoms with Crippen LogP contribution in [0.5, 0.6) is 0 Å².